The molecule has 2 aromatic carbocycles. The predicted molar refractivity (Wildman–Crippen MR) is 103 cm³/mol. The molecule has 0 bridgehead atoms. The smallest absolute Gasteiger partial charge is 0.344 e. The lowest BCUT2D eigenvalue weighted by molar-refractivity contribution is -0.383. The number of nitrogens with one attached hydrogen (secondary N) is 1. The molecule has 0 unspecified atom stereocenters. The molecule has 1 atom stereocenters. The van der Waals surface area contributed by atoms with E-state index in [2.05, 4.69) is 5.32 Å². The molecule has 0 spiro atoms. The van der Waals surface area contributed by atoms with E-state index in [1.54, 1.807) is 18.2 Å². The van der Waals surface area contributed by atoms with Crippen LogP contribution in [0.1, 0.15) is 32.3 Å². The van der Waals surface area contributed by atoms with Crippen LogP contribution in [0.4, 0.5) is 11.4 Å². The van der Waals surface area contributed by atoms with E-state index in [0.29, 0.717) is 5.75 Å². The second-order valence-electron chi connectivity index (χ2n) is 6.38. The zero-order valence-electron chi connectivity index (χ0n) is 15.9. The zero-order chi connectivity index (χ0) is 20.7. The molecule has 1 amide bonds. The summed E-state index contributed by atoms with van der Waals surface area (Å²) in [5.41, 5.74) is 0.739. The van der Waals surface area contributed by atoms with Gasteiger partial charge in [-0.2, -0.15) is 0 Å². The summed E-state index contributed by atoms with van der Waals surface area (Å²) in [7, 11) is 0. The normalized spacial score (nSPS) is 11.6. The van der Waals surface area contributed by atoms with Crippen LogP contribution in [-0.4, -0.2) is 29.5 Å². The fraction of sp³-hybridized carbons (Fsp3) is 0.300. The van der Waals surface area contributed by atoms with Gasteiger partial charge in [-0.3, -0.25) is 14.9 Å². The largest absolute Gasteiger partial charge is 0.482 e. The van der Waals surface area contributed by atoms with Crippen molar-refractivity contribution in [3.63, 3.8) is 0 Å². The minimum Gasteiger partial charge on any atom is -0.482 e. The number of nitro benzene ring substituents is 1. The van der Waals surface area contributed by atoms with Gasteiger partial charge in [-0.1, -0.05) is 44.2 Å². The maximum absolute atomic E-state index is 12.2. The molecule has 0 saturated heterocycles. The SMILES string of the molecule is CC(C)c1ccccc1OCC(=O)O[C@@H](C)C(=O)Nc1ccccc1[N+](=O)[O-]. The topological polar surface area (TPSA) is 108 Å². The van der Waals surface area contributed by atoms with E-state index in [9.17, 15) is 19.7 Å². The molecule has 0 aliphatic carbocycles. The molecule has 148 valence electrons. The second kappa shape index (κ2) is 9.50. The van der Waals surface area contributed by atoms with Crippen molar-refractivity contribution in [1.82, 2.24) is 0 Å². The first kappa shape index (κ1) is 20.9. The highest BCUT2D eigenvalue weighted by atomic mass is 16.6. The highest BCUT2D eigenvalue weighted by Crippen LogP contribution is 2.26. The van der Waals surface area contributed by atoms with Crippen LogP contribution in [-0.2, 0) is 14.3 Å². The Morgan fingerprint density at radius 3 is 2.39 bits per heavy atom. The summed E-state index contributed by atoms with van der Waals surface area (Å²) >= 11 is 0. The van der Waals surface area contributed by atoms with Crippen LogP contribution in [0, 0.1) is 10.1 Å². The average Bonchev–Trinajstić information content (AvgIpc) is 2.66. The summed E-state index contributed by atoms with van der Waals surface area (Å²) in [5, 5.41) is 13.4. The van der Waals surface area contributed by atoms with Crippen LogP contribution in [0.25, 0.3) is 0 Å². The van der Waals surface area contributed by atoms with Crippen LogP contribution >= 0.6 is 0 Å². The number of benzene rings is 2. The standard InChI is InChI=1S/C20H22N2O6/c1-13(2)15-8-4-7-11-18(15)27-12-19(23)28-14(3)20(24)21-16-9-5-6-10-17(16)22(25)26/h4-11,13-14H,12H2,1-3H3,(H,21,24)/t14-/m0/s1. The molecule has 0 aliphatic rings. The molecule has 0 fully saturated rings. The molecule has 2 rings (SSSR count). The van der Waals surface area contributed by atoms with Gasteiger partial charge in [0.15, 0.2) is 12.7 Å². The van der Waals surface area contributed by atoms with Crippen LogP contribution < -0.4 is 10.1 Å². The van der Waals surface area contributed by atoms with Gasteiger partial charge in [0.25, 0.3) is 11.6 Å². The van der Waals surface area contributed by atoms with Gasteiger partial charge in [0.2, 0.25) is 0 Å². The van der Waals surface area contributed by atoms with Crippen molar-refractivity contribution >= 4 is 23.3 Å². The molecule has 28 heavy (non-hydrogen) atoms. The lowest BCUT2D eigenvalue weighted by Gasteiger charge is -2.16. The van der Waals surface area contributed by atoms with E-state index in [4.69, 9.17) is 9.47 Å². The van der Waals surface area contributed by atoms with E-state index < -0.39 is 22.9 Å². The monoisotopic (exact) mass is 386 g/mol. The van der Waals surface area contributed by atoms with E-state index in [-0.39, 0.29) is 23.9 Å². The summed E-state index contributed by atoms with van der Waals surface area (Å²) in [6.07, 6.45) is -1.14. The summed E-state index contributed by atoms with van der Waals surface area (Å²) in [6, 6.07) is 13.1. The Bertz CT molecular complexity index is 865. The summed E-state index contributed by atoms with van der Waals surface area (Å²) in [5.74, 6) is -0.598. The first-order valence-corrected chi connectivity index (χ1v) is 8.75. The highest BCUT2D eigenvalue weighted by molar-refractivity contribution is 5.96. The van der Waals surface area contributed by atoms with Crippen molar-refractivity contribution < 1.29 is 24.0 Å². The number of nitrogens with zero attached hydrogens (tertiary/aromatic N) is 1. The fourth-order valence-electron chi connectivity index (χ4n) is 2.48. The Hall–Kier alpha value is -3.42. The molecule has 8 nitrogen and oxygen atoms in total. The Balaban J connectivity index is 1.92. The maximum Gasteiger partial charge on any atom is 0.344 e. The fourth-order valence-corrected chi connectivity index (χ4v) is 2.48. The van der Waals surface area contributed by atoms with Crippen molar-refractivity contribution in [2.24, 2.45) is 0 Å². The first-order chi connectivity index (χ1) is 13.3. The zero-order valence-corrected chi connectivity index (χ0v) is 15.9. The van der Waals surface area contributed by atoms with Crippen LogP contribution in [0.15, 0.2) is 48.5 Å². The first-order valence-electron chi connectivity index (χ1n) is 8.75. The van der Waals surface area contributed by atoms with Gasteiger partial charge in [-0.25, -0.2) is 4.79 Å². The number of para-hydroxylation sites is 3. The number of ether oxygens (including phenoxy) is 2. The number of amides is 1. The predicted octanol–water partition coefficient (Wildman–Crippen LogP) is 3.67. The van der Waals surface area contributed by atoms with E-state index in [0.717, 1.165) is 5.56 Å². The second-order valence-corrected chi connectivity index (χ2v) is 6.38. The van der Waals surface area contributed by atoms with Crippen LogP contribution in [0.3, 0.4) is 0 Å². The Morgan fingerprint density at radius 1 is 1.07 bits per heavy atom. The van der Waals surface area contributed by atoms with Gasteiger partial charge in [0, 0.05) is 6.07 Å². The van der Waals surface area contributed by atoms with Gasteiger partial charge in [-0.05, 0) is 30.5 Å². The van der Waals surface area contributed by atoms with Crippen molar-refractivity contribution in [2.75, 3.05) is 11.9 Å². The minimum atomic E-state index is -1.14. The molecule has 0 aliphatic heterocycles. The Labute approximate surface area is 162 Å². The van der Waals surface area contributed by atoms with Crippen molar-refractivity contribution in [3.05, 3.63) is 64.2 Å². The van der Waals surface area contributed by atoms with Gasteiger partial charge < -0.3 is 14.8 Å². The van der Waals surface area contributed by atoms with Crippen molar-refractivity contribution in [1.29, 1.82) is 0 Å². The third-order valence-electron chi connectivity index (χ3n) is 3.92. The number of carbonyl (C=O) groups is 2. The third kappa shape index (κ3) is 5.54. The maximum atomic E-state index is 12.2. The lowest BCUT2D eigenvalue weighted by Crippen LogP contribution is -2.31. The molecular formula is C20H22N2O6. The highest BCUT2D eigenvalue weighted by Gasteiger charge is 2.22. The van der Waals surface area contributed by atoms with E-state index >= 15 is 0 Å². The van der Waals surface area contributed by atoms with E-state index in [1.807, 2.05) is 26.0 Å². The van der Waals surface area contributed by atoms with Crippen LogP contribution in [0.2, 0.25) is 0 Å². The minimum absolute atomic E-state index is 0.0301. The molecule has 1 N–H and O–H groups in total. The molecular weight excluding hydrogens is 364 g/mol. The molecule has 0 aromatic heterocycles. The molecule has 0 saturated carbocycles. The number of anilines is 1. The van der Waals surface area contributed by atoms with Gasteiger partial charge in [0.05, 0.1) is 4.92 Å². The third-order valence-corrected chi connectivity index (χ3v) is 3.92. The van der Waals surface area contributed by atoms with Crippen molar-refractivity contribution in [2.45, 2.75) is 32.8 Å². The van der Waals surface area contributed by atoms with E-state index in [1.165, 1.54) is 25.1 Å². The van der Waals surface area contributed by atoms with Gasteiger partial charge in [-0.15, -0.1) is 0 Å². The summed E-state index contributed by atoms with van der Waals surface area (Å²) in [4.78, 5) is 34.6. The molecule has 8 heteroatoms. The number of esters is 1. The summed E-state index contributed by atoms with van der Waals surface area (Å²) in [6.45, 7) is 5.04. The number of hydrogen-bond acceptors (Lipinski definition) is 6. The average molecular weight is 386 g/mol. The lowest BCUT2D eigenvalue weighted by atomic mass is 10.0. The van der Waals surface area contributed by atoms with Crippen LogP contribution in [0.5, 0.6) is 5.75 Å². The van der Waals surface area contributed by atoms with Gasteiger partial charge in [0.1, 0.15) is 11.4 Å². The number of carbonyl (C=O) groups excluding carboxylic acids is 2. The van der Waals surface area contributed by atoms with Crippen molar-refractivity contribution in [3.8, 4) is 5.75 Å². The number of nitro groups is 1. The quantitative estimate of drug-likeness (QED) is 0.421. The molecule has 0 radical (unpaired) electrons. The number of hydrogen-bond donors (Lipinski definition) is 1. The number of rotatable bonds is 8. The molecule has 2 aromatic rings. The Morgan fingerprint density at radius 2 is 1.71 bits per heavy atom. The summed E-state index contributed by atoms with van der Waals surface area (Å²) < 4.78 is 10.6. The van der Waals surface area contributed by atoms with Gasteiger partial charge >= 0.3 is 5.97 Å². The molecule has 0 heterocycles. The Kier molecular flexibility index (Phi) is 7.08.